The number of amides is 2. The Hall–Kier alpha value is -4.55. The SMILES string of the molecule is COC(=O)c1ccc2c(c1)NC(=O)/C2=C(\Nc1ccc(C(=O)NOCCN2CCN(CCO)CC2)cc1)c1ccccc1. The highest BCUT2D eigenvalue weighted by Crippen LogP contribution is 2.38. The zero-order chi connectivity index (χ0) is 30.2. The Kier molecular flexibility index (Phi) is 9.80. The number of carbonyl (C=O) groups excluding carboxylic acids is 3. The molecular formula is C32H35N5O6. The third kappa shape index (κ3) is 7.27. The molecule has 11 nitrogen and oxygen atoms in total. The van der Waals surface area contributed by atoms with E-state index < -0.39 is 5.97 Å². The Labute approximate surface area is 250 Å². The fourth-order valence-electron chi connectivity index (χ4n) is 5.13. The van der Waals surface area contributed by atoms with Gasteiger partial charge in [0.05, 0.1) is 42.8 Å². The molecule has 0 aromatic heterocycles. The summed E-state index contributed by atoms with van der Waals surface area (Å²) in [4.78, 5) is 47.8. The van der Waals surface area contributed by atoms with Crippen LogP contribution in [-0.4, -0.2) is 92.3 Å². The number of anilines is 2. The lowest BCUT2D eigenvalue weighted by molar-refractivity contribution is -0.110. The number of nitrogens with zero attached hydrogens (tertiary/aromatic N) is 2. The van der Waals surface area contributed by atoms with Gasteiger partial charge in [-0.3, -0.25) is 24.2 Å². The number of rotatable bonds is 11. The van der Waals surface area contributed by atoms with Gasteiger partial charge in [0.2, 0.25) is 0 Å². The zero-order valence-electron chi connectivity index (χ0n) is 24.0. The second kappa shape index (κ2) is 14.1. The van der Waals surface area contributed by atoms with Crippen LogP contribution in [0.25, 0.3) is 11.3 Å². The van der Waals surface area contributed by atoms with E-state index in [-0.39, 0.29) is 18.4 Å². The minimum atomic E-state index is -0.487. The summed E-state index contributed by atoms with van der Waals surface area (Å²) in [6, 6.07) is 21.3. The lowest BCUT2D eigenvalue weighted by Gasteiger charge is -2.34. The summed E-state index contributed by atoms with van der Waals surface area (Å²) in [5.74, 6) is -1.14. The largest absolute Gasteiger partial charge is 0.465 e. The maximum Gasteiger partial charge on any atom is 0.337 e. The summed E-state index contributed by atoms with van der Waals surface area (Å²) < 4.78 is 4.81. The van der Waals surface area contributed by atoms with Crippen molar-refractivity contribution in [3.05, 3.63) is 95.1 Å². The van der Waals surface area contributed by atoms with Crippen molar-refractivity contribution in [2.75, 3.05) is 70.2 Å². The molecule has 224 valence electrons. The molecule has 2 heterocycles. The Morgan fingerprint density at radius 3 is 2.23 bits per heavy atom. The maximum atomic E-state index is 13.2. The zero-order valence-corrected chi connectivity index (χ0v) is 24.0. The highest BCUT2D eigenvalue weighted by Gasteiger charge is 2.29. The number of esters is 1. The second-order valence-electron chi connectivity index (χ2n) is 10.2. The fourth-order valence-corrected chi connectivity index (χ4v) is 5.13. The smallest absolute Gasteiger partial charge is 0.337 e. The number of ether oxygens (including phenoxy) is 1. The van der Waals surface area contributed by atoms with E-state index in [0.717, 1.165) is 31.7 Å². The second-order valence-corrected chi connectivity index (χ2v) is 10.2. The average molecular weight is 586 g/mol. The van der Waals surface area contributed by atoms with Crippen LogP contribution in [0.5, 0.6) is 0 Å². The standard InChI is InChI=1S/C32H35N5O6/c1-42-32(41)24-9-12-26-27(21-24)34-31(40)28(26)29(22-5-3-2-4-6-22)33-25-10-7-23(8-11-25)30(39)35-43-20-18-37-15-13-36(14-16-37)17-19-38/h2-12,21,33,38H,13-20H2,1H3,(H,34,40)(H,35,39)/b29-28-. The first-order valence-corrected chi connectivity index (χ1v) is 14.2. The fraction of sp³-hybridized carbons (Fsp3) is 0.281. The number of nitrogens with one attached hydrogen (secondary N) is 3. The molecule has 1 saturated heterocycles. The van der Waals surface area contributed by atoms with E-state index in [1.807, 2.05) is 30.3 Å². The van der Waals surface area contributed by atoms with Crippen molar-refractivity contribution in [3.8, 4) is 0 Å². The summed E-state index contributed by atoms with van der Waals surface area (Å²) in [5, 5.41) is 15.3. The summed E-state index contributed by atoms with van der Waals surface area (Å²) in [5.41, 5.74) is 6.94. The van der Waals surface area contributed by atoms with Crippen molar-refractivity contribution in [2.45, 2.75) is 0 Å². The molecule has 3 aromatic carbocycles. The van der Waals surface area contributed by atoms with E-state index in [9.17, 15) is 14.4 Å². The van der Waals surface area contributed by atoms with Gasteiger partial charge >= 0.3 is 5.97 Å². The molecule has 2 aliphatic rings. The average Bonchev–Trinajstić information content (AvgIpc) is 3.37. The molecule has 0 saturated carbocycles. The van der Waals surface area contributed by atoms with Crippen molar-refractivity contribution in [2.24, 2.45) is 0 Å². The molecule has 0 spiro atoms. The number of hydrogen-bond acceptors (Lipinski definition) is 9. The lowest BCUT2D eigenvalue weighted by Crippen LogP contribution is -2.48. The van der Waals surface area contributed by atoms with E-state index in [4.69, 9.17) is 14.7 Å². The number of β-amino-alcohol motifs (C(OH)–C–C–N with tert-alkyl or cyclic N) is 1. The Morgan fingerprint density at radius 1 is 0.884 bits per heavy atom. The van der Waals surface area contributed by atoms with E-state index >= 15 is 0 Å². The maximum absolute atomic E-state index is 13.2. The number of carbonyl (C=O) groups is 3. The number of methoxy groups -OCH3 is 1. The first kappa shape index (κ1) is 29.9. The molecule has 43 heavy (non-hydrogen) atoms. The molecular weight excluding hydrogens is 550 g/mol. The third-order valence-electron chi connectivity index (χ3n) is 7.47. The van der Waals surface area contributed by atoms with Crippen LogP contribution < -0.4 is 16.1 Å². The number of aliphatic hydroxyl groups is 1. The van der Waals surface area contributed by atoms with Gasteiger partial charge in [-0.25, -0.2) is 10.3 Å². The van der Waals surface area contributed by atoms with Crippen molar-refractivity contribution >= 4 is 40.4 Å². The first-order chi connectivity index (χ1) is 21.0. The van der Waals surface area contributed by atoms with Crippen LogP contribution in [0.2, 0.25) is 0 Å². The van der Waals surface area contributed by atoms with Gasteiger partial charge in [-0.2, -0.15) is 0 Å². The molecule has 2 aliphatic heterocycles. The monoisotopic (exact) mass is 585 g/mol. The molecule has 0 unspecified atom stereocenters. The number of piperazine rings is 1. The van der Waals surface area contributed by atoms with E-state index in [1.54, 1.807) is 42.5 Å². The molecule has 3 aromatic rings. The topological polar surface area (TPSA) is 132 Å². The molecule has 0 bridgehead atoms. The van der Waals surface area contributed by atoms with Crippen molar-refractivity contribution in [1.82, 2.24) is 15.3 Å². The Balaban J connectivity index is 1.25. The van der Waals surface area contributed by atoms with Gasteiger partial charge in [-0.15, -0.1) is 0 Å². The van der Waals surface area contributed by atoms with Gasteiger partial charge in [0.1, 0.15) is 0 Å². The van der Waals surface area contributed by atoms with Crippen LogP contribution in [0.1, 0.15) is 31.8 Å². The summed E-state index contributed by atoms with van der Waals surface area (Å²) in [7, 11) is 1.31. The van der Waals surface area contributed by atoms with Crippen LogP contribution >= 0.6 is 0 Å². The van der Waals surface area contributed by atoms with Crippen LogP contribution in [-0.2, 0) is 14.4 Å². The van der Waals surface area contributed by atoms with Crippen molar-refractivity contribution in [1.29, 1.82) is 0 Å². The highest BCUT2D eigenvalue weighted by molar-refractivity contribution is 6.37. The first-order valence-electron chi connectivity index (χ1n) is 14.2. The van der Waals surface area contributed by atoms with Crippen LogP contribution in [0.3, 0.4) is 0 Å². The molecule has 5 rings (SSSR count). The predicted octanol–water partition coefficient (Wildman–Crippen LogP) is 2.68. The Bertz CT molecular complexity index is 1480. The van der Waals surface area contributed by atoms with Crippen LogP contribution in [0.15, 0.2) is 72.8 Å². The third-order valence-corrected chi connectivity index (χ3v) is 7.47. The van der Waals surface area contributed by atoms with Crippen LogP contribution in [0.4, 0.5) is 11.4 Å². The molecule has 11 heteroatoms. The van der Waals surface area contributed by atoms with Crippen LogP contribution in [0, 0.1) is 0 Å². The van der Waals surface area contributed by atoms with E-state index in [1.165, 1.54) is 7.11 Å². The van der Waals surface area contributed by atoms with Crippen molar-refractivity contribution in [3.63, 3.8) is 0 Å². The van der Waals surface area contributed by atoms with Gasteiger partial charge in [0.25, 0.3) is 11.8 Å². The normalized spacial score (nSPS) is 16.3. The van der Waals surface area contributed by atoms with Gasteiger partial charge in [0, 0.05) is 56.1 Å². The van der Waals surface area contributed by atoms with E-state index in [2.05, 4.69) is 25.9 Å². The van der Waals surface area contributed by atoms with Crippen molar-refractivity contribution < 1.29 is 29.1 Å². The molecule has 4 N–H and O–H groups in total. The molecule has 0 atom stereocenters. The minimum absolute atomic E-state index is 0.171. The van der Waals surface area contributed by atoms with Gasteiger partial charge < -0.3 is 20.5 Å². The molecule has 2 amide bonds. The quantitative estimate of drug-likeness (QED) is 0.116. The Morgan fingerprint density at radius 2 is 1.56 bits per heavy atom. The lowest BCUT2D eigenvalue weighted by atomic mass is 9.99. The molecule has 0 aliphatic carbocycles. The highest BCUT2D eigenvalue weighted by atomic mass is 16.7. The number of hydroxylamine groups is 1. The summed E-state index contributed by atoms with van der Waals surface area (Å²) >= 11 is 0. The number of fused-ring (bicyclic) bond motifs is 1. The number of benzene rings is 3. The molecule has 1 fully saturated rings. The number of aliphatic hydroxyl groups excluding tert-OH is 1. The van der Waals surface area contributed by atoms with Gasteiger partial charge in [-0.1, -0.05) is 36.4 Å². The summed E-state index contributed by atoms with van der Waals surface area (Å²) in [6.45, 7) is 5.54. The van der Waals surface area contributed by atoms with E-state index in [0.29, 0.717) is 59.0 Å². The number of hydrogen-bond donors (Lipinski definition) is 4. The van der Waals surface area contributed by atoms with Gasteiger partial charge in [0.15, 0.2) is 0 Å². The molecule has 0 radical (unpaired) electrons. The summed E-state index contributed by atoms with van der Waals surface area (Å²) in [6.07, 6.45) is 0. The minimum Gasteiger partial charge on any atom is -0.465 e. The predicted molar refractivity (Wildman–Crippen MR) is 163 cm³/mol. The van der Waals surface area contributed by atoms with Gasteiger partial charge in [-0.05, 0) is 42.0 Å².